The summed E-state index contributed by atoms with van der Waals surface area (Å²) in [5, 5.41) is 7.29. The molecule has 0 radical (unpaired) electrons. The predicted molar refractivity (Wildman–Crippen MR) is 76.8 cm³/mol. The fourth-order valence-corrected chi connectivity index (χ4v) is 2.71. The van der Waals surface area contributed by atoms with Crippen LogP contribution in [0.5, 0.6) is 0 Å². The van der Waals surface area contributed by atoms with Crippen molar-refractivity contribution in [1.29, 1.82) is 0 Å². The third-order valence-corrected chi connectivity index (χ3v) is 3.84. The highest BCUT2D eigenvalue weighted by Crippen LogP contribution is 2.32. The first kappa shape index (κ1) is 13.8. The number of rotatable bonds is 4. The Bertz CT molecular complexity index is 640. The molecule has 112 valence electrons. The molecule has 7 heteroatoms. The molecule has 3 rings (SSSR count). The molecule has 1 amide bonds. The normalized spacial score (nSPS) is 15.5. The Morgan fingerprint density at radius 3 is 2.95 bits per heavy atom. The molecule has 2 aromatic rings. The molecule has 0 aromatic carbocycles. The maximum atomic E-state index is 12.2. The molecule has 0 spiro atoms. The second-order valence-corrected chi connectivity index (χ2v) is 5.34. The van der Waals surface area contributed by atoms with Gasteiger partial charge in [-0.15, -0.1) is 0 Å². The minimum absolute atomic E-state index is 0.173. The maximum absolute atomic E-state index is 12.2. The van der Waals surface area contributed by atoms with Gasteiger partial charge in [0.05, 0.1) is 18.8 Å². The summed E-state index contributed by atoms with van der Waals surface area (Å²) in [6.07, 6.45) is 7.72. The molecule has 0 bridgehead atoms. The van der Waals surface area contributed by atoms with Crippen LogP contribution < -0.4 is 11.1 Å². The topological polar surface area (TPSA) is 99.0 Å². The van der Waals surface area contributed by atoms with E-state index in [0.29, 0.717) is 11.9 Å². The Labute approximate surface area is 122 Å². The van der Waals surface area contributed by atoms with Gasteiger partial charge in [-0.3, -0.25) is 4.79 Å². The summed E-state index contributed by atoms with van der Waals surface area (Å²) >= 11 is 0. The Morgan fingerprint density at radius 2 is 2.29 bits per heavy atom. The predicted octanol–water partition coefficient (Wildman–Crippen LogP) is 2.01. The van der Waals surface area contributed by atoms with Gasteiger partial charge >= 0.3 is 0 Å². The quantitative estimate of drug-likeness (QED) is 0.897. The summed E-state index contributed by atoms with van der Waals surface area (Å²) in [5.74, 6) is 0.784. The molecule has 1 aliphatic carbocycles. The second kappa shape index (κ2) is 5.69. The number of nitrogens with one attached hydrogen (secondary N) is 1. The highest BCUT2D eigenvalue weighted by Gasteiger charge is 2.23. The number of aryl methyl sites for hydroxylation is 1. The van der Waals surface area contributed by atoms with E-state index in [-0.39, 0.29) is 18.1 Å². The number of carbonyl (C=O) groups is 1. The summed E-state index contributed by atoms with van der Waals surface area (Å²) in [4.78, 5) is 16.3. The lowest BCUT2D eigenvalue weighted by molar-refractivity contribution is 0.102. The zero-order chi connectivity index (χ0) is 14.8. The smallest absolute Gasteiger partial charge is 0.278 e. The van der Waals surface area contributed by atoms with E-state index in [9.17, 15) is 4.79 Å². The number of amides is 1. The summed E-state index contributed by atoms with van der Waals surface area (Å²) in [5.41, 5.74) is 6.60. The molecule has 1 saturated carbocycles. The van der Waals surface area contributed by atoms with Crippen molar-refractivity contribution in [2.45, 2.75) is 45.2 Å². The number of aromatic nitrogens is 3. The molecule has 1 fully saturated rings. The molecule has 2 aromatic heterocycles. The highest BCUT2D eigenvalue weighted by atomic mass is 16.3. The number of carbonyl (C=O) groups excluding carboxylic acids is 1. The van der Waals surface area contributed by atoms with E-state index in [2.05, 4.69) is 15.4 Å². The summed E-state index contributed by atoms with van der Waals surface area (Å²) in [7, 11) is 0. The van der Waals surface area contributed by atoms with Gasteiger partial charge < -0.3 is 15.5 Å². The summed E-state index contributed by atoms with van der Waals surface area (Å²) in [6.45, 7) is 2.11. The van der Waals surface area contributed by atoms with Crippen LogP contribution >= 0.6 is 0 Å². The number of oxazole rings is 1. The minimum Gasteiger partial charge on any atom is -0.447 e. The van der Waals surface area contributed by atoms with E-state index in [1.807, 2.05) is 11.6 Å². The lowest BCUT2D eigenvalue weighted by atomic mass is 10.2. The summed E-state index contributed by atoms with van der Waals surface area (Å²) in [6, 6.07) is 0.367. The van der Waals surface area contributed by atoms with Crippen LogP contribution in [0.2, 0.25) is 0 Å². The molecular weight excluding hydrogens is 270 g/mol. The Kier molecular flexibility index (Phi) is 3.74. The molecule has 0 atom stereocenters. The van der Waals surface area contributed by atoms with E-state index in [0.717, 1.165) is 24.2 Å². The fraction of sp³-hybridized carbons (Fsp3) is 0.500. The van der Waals surface area contributed by atoms with Crippen molar-refractivity contribution >= 4 is 11.7 Å². The third-order valence-electron chi connectivity index (χ3n) is 3.84. The van der Waals surface area contributed by atoms with Crippen LogP contribution in [0.3, 0.4) is 0 Å². The third kappa shape index (κ3) is 2.69. The molecule has 0 aliphatic heterocycles. The van der Waals surface area contributed by atoms with Gasteiger partial charge in [-0.1, -0.05) is 12.8 Å². The minimum atomic E-state index is -0.304. The summed E-state index contributed by atoms with van der Waals surface area (Å²) < 4.78 is 7.02. The van der Waals surface area contributed by atoms with Crippen LogP contribution in [0, 0.1) is 6.92 Å². The molecule has 1 aliphatic rings. The standard InChI is InChI=1S/C14H19N5O2/c1-9-7-16-19(10-4-2-3-5-10)13(9)18-14(20)11-8-21-12(6-15)17-11/h7-8,10H,2-6,15H2,1H3,(H,18,20). The van der Waals surface area contributed by atoms with E-state index in [4.69, 9.17) is 10.2 Å². The zero-order valence-electron chi connectivity index (χ0n) is 12.0. The van der Waals surface area contributed by atoms with Crippen LogP contribution in [0.25, 0.3) is 0 Å². The highest BCUT2D eigenvalue weighted by molar-refractivity contribution is 6.02. The van der Waals surface area contributed by atoms with E-state index in [1.165, 1.54) is 19.1 Å². The second-order valence-electron chi connectivity index (χ2n) is 5.34. The fourth-order valence-electron chi connectivity index (χ4n) is 2.71. The molecule has 0 saturated heterocycles. The van der Waals surface area contributed by atoms with Crippen molar-refractivity contribution in [3.63, 3.8) is 0 Å². The maximum Gasteiger partial charge on any atom is 0.278 e. The van der Waals surface area contributed by atoms with Gasteiger partial charge in [0.2, 0.25) is 5.89 Å². The number of anilines is 1. The molecule has 2 heterocycles. The first-order chi connectivity index (χ1) is 10.2. The first-order valence-corrected chi connectivity index (χ1v) is 7.19. The lowest BCUT2D eigenvalue weighted by Gasteiger charge is -2.15. The largest absolute Gasteiger partial charge is 0.447 e. The Hall–Kier alpha value is -2.15. The van der Waals surface area contributed by atoms with Crippen LogP contribution in [-0.4, -0.2) is 20.7 Å². The van der Waals surface area contributed by atoms with Gasteiger partial charge in [0.1, 0.15) is 12.1 Å². The van der Waals surface area contributed by atoms with Crippen molar-refractivity contribution in [3.8, 4) is 0 Å². The number of nitrogens with two attached hydrogens (primary N) is 1. The molecule has 3 N–H and O–H groups in total. The van der Waals surface area contributed by atoms with Crippen molar-refractivity contribution in [2.75, 3.05) is 5.32 Å². The van der Waals surface area contributed by atoms with Crippen molar-refractivity contribution in [3.05, 3.63) is 29.6 Å². The molecular formula is C14H19N5O2. The molecule has 21 heavy (non-hydrogen) atoms. The molecule has 7 nitrogen and oxygen atoms in total. The van der Waals surface area contributed by atoms with E-state index < -0.39 is 0 Å². The van der Waals surface area contributed by atoms with Crippen LogP contribution in [0.4, 0.5) is 5.82 Å². The van der Waals surface area contributed by atoms with Crippen molar-refractivity contribution in [1.82, 2.24) is 14.8 Å². The Morgan fingerprint density at radius 1 is 1.52 bits per heavy atom. The van der Waals surface area contributed by atoms with Crippen molar-refractivity contribution < 1.29 is 9.21 Å². The van der Waals surface area contributed by atoms with Gasteiger partial charge in [-0.2, -0.15) is 5.10 Å². The van der Waals surface area contributed by atoms with Crippen LogP contribution in [0.15, 0.2) is 16.9 Å². The van der Waals surface area contributed by atoms with Gasteiger partial charge in [0, 0.05) is 5.56 Å². The van der Waals surface area contributed by atoms with E-state index in [1.54, 1.807) is 6.20 Å². The van der Waals surface area contributed by atoms with Crippen LogP contribution in [-0.2, 0) is 6.54 Å². The van der Waals surface area contributed by atoms with Gasteiger partial charge in [0.25, 0.3) is 5.91 Å². The average Bonchev–Trinajstić information content (AvgIpc) is 3.20. The van der Waals surface area contributed by atoms with Gasteiger partial charge in [-0.25, -0.2) is 9.67 Å². The number of nitrogens with zero attached hydrogens (tertiary/aromatic N) is 3. The first-order valence-electron chi connectivity index (χ1n) is 7.19. The average molecular weight is 289 g/mol. The van der Waals surface area contributed by atoms with Crippen molar-refractivity contribution in [2.24, 2.45) is 5.73 Å². The Balaban J connectivity index is 1.80. The zero-order valence-corrected chi connectivity index (χ0v) is 12.0. The van der Waals surface area contributed by atoms with E-state index >= 15 is 0 Å². The van der Waals surface area contributed by atoms with Crippen LogP contribution in [0.1, 0.15) is 53.7 Å². The van der Waals surface area contributed by atoms with Gasteiger partial charge in [-0.05, 0) is 19.8 Å². The monoisotopic (exact) mass is 289 g/mol. The van der Waals surface area contributed by atoms with Gasteiger partial charge in [0.15, 0.2) is 5.69 Å². The molecule has 0 unspecified atom stereocenters. The lowest BCUT2D eigenvalue weighted by Crippen LogP contribution is -2.18. The number of hydrogen-bond acceptors (Lipinski definition) is 5. The number of hydrogen-bond donors (Lipinski definition) is 2. The SMILES string of the molecule is Cc1cnn(C2CCCC2)c1NC(=O)c1coc(CN)n1.